The molecule has 1 nitrogen and oxygen atoms in total. The molecule has 0 saturated carbocycles. The van der Waals surface area contributed by atoms with Crippen LogP contribution in [0.2, 0.25) is 0 Å². The van der Waals surface area contributed by atoms with Crippen LogP contribution in [0.4, 0.5) is 0 Å². The number of nitrogens with two attached hydrogens (primary N) is 1. The van der Waals surface area contributed by atoms with Crippen LogP contribution in [0.25, 0.3) is 0 Å². The third kappa shape index (κ3) is 3.52. The molecular formula is C12H18ClN. The van der Waals surface area contributed by atoms with Crippen molar-refractivity contribution in [2.24, 2.45) is 5.73 Å². The maximum absolute atomic E-state index is 5.97. The van der Waals surface area contributed by atoms with Gasteiger partial charge < -0.3 is 5.73 Å². The first-order valence-corrected chi connectivity index (χ1v) is 4.58. The van der Waals surface area contributed by atoms with Gasteiger partial charge in [0, 0.05) is 6.04 Å². The Labute approximate surface area is 92.4 Å². The van der Waals surface area contributed by atoms with Crippen LogP contribution >= 0.6 is 12.4 Å². The van der Waals surface area contributed by atoms with Gasteiger partial charge in [0.05, 0.1) is 0 Å². The van der Waals surface area contributed by atoms with Crippen molar-refractivity contribution in [2.75, 3.05) is 0 Å². The van der Waals surface area contributed by atoms with Crippen molar-refractivity contribution in [3.05, 3.63) is 47.5 Å². The summed E-state index contributed by atoms with van der Waals surface area (Å²) in [7, 11) is 0. The summed E-state index contributed by atoms with van der Waals surface area (Å²) < 4.78 is 0. The number of hydrogen-bond acceptors (Lipinski definition) is 1. The van der Waals surface area contributed by atoms with Crippen molar-refractivity contribution in [3.8, 4) is 0 Å². The minimum absolute atomic E-state index is 0. The van der Waals surface area contributed by atoms with Gasteiger partial charge in [-0.15, -0.1) is 19.0 Å². The Bertz CT molecular complexity index is 287. The fourth-order valence-corrected chi connectivity index (χ4v) is 1.54. The van der Waals surface area contributed by atoms with Gasteiger partial charge in [-0.3, -0.25) is 0 Å². The quantitative estimate of drug-likeness (QED) is 0.763. The molecular weight excluding hydrogens is 194 g/mol. The Balaban J connectivity index is 0.00000169. The molecule has 2 N–H and O–H groups in total. The van der Waals surface area contributed by atoms with E-state index in [1.807, 2.05) is 6.08 Å². The lowest BCUT2D eigenvalue weighted by Crippen LogP contribution is -2.09. The first-order chi connectivity index (χ1) is 6.13. The largest absolute Gasteiger partial charge is 0.324 e. The molecule has 1 atom stereocenters. The Morgan fingerprint density at radius 1 is 1.29 bits per heavy atom. The van der Waals surface area contributed by atoms with Crippen LogP contribution in [0.1, 0.15) is 29.2 Å². The molecule has 0 saturated heterocycles. The molecule has 0 radical (unpaired) electrons. The SMILES string of the molecule is C=CC[C@@H](N)c1cc(C)cc(C)c1.Cl. The van der Waals surface area contributed by atoms with E-state index in [0.29, 0.717) is 0 Å². The Hall–Kier alpha value is -0.790. The summed E-state index contributed by atoms with van der Waals surface area (Å²) in [5, 5.41) is 0. The second-order valence-electron chi connectivity index (χ2n) is 3.55. The Morgan fingerprint density at radius 2 is 1.79 bits per heavy atom. The van der Waals surface area contributed by atoms with E-state index < -0.39 is 0 Å². The third-order valence-corrected chi connectivity index (χ3v) is 2.09. The lowest BCUT2D eigenvalue weighted by Gasteiger charge is -2.11. The van der Waals surface area contributed by atoms with Crippen LogP contribution < -0.4 is 5.73 Å². The molecule has 0 aliphatic heterocycles. The smallest absolute Gasteiger partial charge is 0.0329 e. The topological polar surface area (TPSA) is 26.0 Å². The molecule has 0 aliphatic carbocycles. The minimum atomic E-state index is 0. The van der Waals surface area contributed by atoms with Gasteiger partial charge in [0.2, 0.25) is 0 Å². The molecule has 1 aromatic rings. The zero-order chi connectivity index (χ0) is 9.84. The van der Waals surface area contributed by atoms with Crippen LogP contribution in [0.5, 0.6) is 0 Å². The molecule has 1 rings (SSSR count). The lowest BCUT2D eigenvalue weighted by atomic mass is 10.00. The standard InChI is InChI=1S/C12H17N.ClH/c1-4-5-12(13)11-7-9(2)6-10(3)8-11;/h4,6-8,12H,1,5,13H2,2-3H3;1H/t12-;/m1./s1. The number of halogens is 1. The van der Waals surface area contributed by atoms with E-state index in [-0.39, 0.29) is 18.4 Å². The number of benzene rings is 1. The van der Waals surface area contributed by atoms with E-state index in [2.05, 4.69) is 38.6 Å². The summed E-state index contributed by atoms with van der Waals surface area (Å²) in [5.41, 5.74) is 9.72. The van der Waals surface area contributed by atoms with E-state index in [0.717, 1.165) is 6.42 Å². The van der Waals surface area contributed by atoms with E-state index in [1.54, 1.807) is 0 Å². The number of aryl methyl sites for hydroxylation is 2. The first kappa shape index (κ1) is 13.2. The molecule has 0 aliphatic rings. The van der Waals surface area contributed by atoms with E-state index in [1.165, 1.54) is 16.7 Å². The van der Waals surface area contributed by atoms with Crippen LogP contribution in [-0.2, 0) is 0 Å². The first-order valence-electron chi connectivity index (χ1n) is 4.58. The summed E-state index contributed by atoms with van der Waals surface area (Å²) in [6, 6.07) is 6.53. The molecule has 14 heavy (non-hydrogen) atoms. The summed E-state index contributed by atoms with van der Waals surface area (Å²) >= 11 is 0. The van der Waals surface area contributed by atoms with Gasteiger partial charge in [0.15, 0.2) is 0 Å². The van der Waals surface area contributed by atoms with Crippen LogP contribution in [0, 0.1) is 13.8 Å². The number of rotatable bonds is 3. The predicted octanol–water partition coefficient (Wildman–Crippen LogP) is 3.30. The van der Waals surface area contributed by atoms with Gasteiger partial charge in [0.1, 0.15) is 0 Å². The molecule has 0 aromatic heterocycles. The Kier molecular flexibility index (Phi) is 5.51. The van der Waals surface area contributed by atoms with Crippen molar-refractivity contribution in [2.45, 2.75) is 26.3 Å². The summed E-state index contributed by atoms with van der Waals surface area (Å²) in [6.45, 7) is 7.88. The second-order valence-corrected chi connectivity index (χ2v) is 3.55. The summed E-state index contributed by atoms with van der Waals surface area (Å²) in [6.07, 6.45) is 2.70. The molecule has 1 aromatic carbocycles. The zero-order valence-electron chi connectivity index (χ0n) is 8.79. The average molecular weight is 212 g/mol. The molecule has 0 fully saturated rings. The van der Waals surface area contributed by atoms with Crippen molar-refractivity contribution in [1.82, 2.24) is 0 Å². The van der Waals surface area contributed by atoms with Crippen molar-refractivity contribution in [3.63, 3.8) is 0 Å². The van der Waals surface area contributed by atoms with Crippen LogP contribution in [-0.4, -0.2) is 0 Å². The van der Waals surface area contributed by atoms with Crippen molar-refractivity contribution in [1.29, 1.82) is 0 Å². The third-order valence-electron chi connectivity index (χ3n) is 2.09. The molecule has 0 spiro atoms. The highest BCUT2D eigenvalue weighted by atomic mass is 35.5. The van der Waals surface area contributed by atoms with Gasteiger partial charge in [-0.05, 0) is 25.8 Å². The predicted molar refractivity (Wildman–Crippen MR) is 64.9 cm³/mol. The molecule has 78 valence electrons. The monoisotopic (exact) mass is 211 g/mol. The van der Waals surface area contributed by atoms with Crippen LogP contribution in [0.3, 0.4) is 0 Å². The molecule has 0 amide bonds. The molecule has 0 bridgehead atoms. The fourth-order valence-electron chi connectivity index (χ4n) is 1.54. The van der Waals surface area contributed by atoms with E-state index in [4.69, 9.17) is 5.73 Å². The highest BCUT2D eigenvalue weighted by Crippen LogP contribution is 2.17. The summed E-state index contributed by atoms with van der Waals surface area (Å²) in [5.74, 6) is 0. The number of hydrogen-bond donors (Lipinski definition) is 1. The van der Waals surface area contributed by atoms with Crippen molar-refractivity contribution >= 4 is 12.4 Å². The van der Waals surface area contributed by atoms with E-state index in [9.17, 15) is 0 Å². The van der Waals surface area contributed by atoms with Gasteiger partial charge in [-0.1, -0.05) is 35.4 Å². The minimum Gasteiger partial charge on any atom is -0.324 e. The maximum Gasteiger partial charge on any atom is 0.0329 e. The van der Waals surface area contributed by atoms with Gasteiger partial charge in [0.25, 0.3) is 0 Å². The second kappa shape index (κ2) is 5.84. The highest BCUT2D eigenvalue weighted by Gasteiger charge is 2.04. The lowest BCUT2D eigenvalue weighted by molar-refractivity contribution is 0.740. The fraction of sp³-hybridized carbons (Fsp3) is 0.333. The maximum atomic E-state index is 5.97. The van der Waals surface area contributed by atoms with E-state index >= 15 is 0 Å². The average Bonchev–Trinajstić information content (AvgIpc) is 2.03. The summed E-state index contributed by atoms with van der Waals surface area (Å²) in [4.78, 5) is 0. The van der Waals surface area contributed by atoms with Gasteiger partial charge >= 0.3 is 0 Å². The molecule has 2 heteroatoms. The molecule has 0 unspecified atom stereocenters. The van der Waals surface area contributed by atoms with Crippen molar-refractivity contribution < 1.29 is 0 Å². The van der Waals surface area contributed by atoms with Gasteiger partial charge in [-0.25, -0.2) is 0 Å². The van der Waals surface area contributed by atoms with Gasteiger partial charge in [-0.2, -0.15) is 0 Å². The zero-order valence-corrected chi connectivity index (χ0v) is 9.60. The highest BCUT2D eigenvalue weighted by molar-refractivity contribution is 5.85. The Morgan fingerprint density at radius 3 is 2.21 bits per heavy atom. The van der Waals surface area contributed by atoms with Crippen LogP contribution in [0.15, 0.2) is 30.9 Å². The normalized spacial score (nSPS) is 11.6. The molecule has 0 heterocycles.